The Morgan fingerprint density at radius 2 is 1.84 bits per heavy atom. The highest BCUT2D eigenvalue weighted by molar-refractivity contribution is 5.72. The van der Waals surface area contributed by atoms with Crippen LogP contribution in [0.5, 0.6) is 0 Å². The number of carbonyl (C=O) groups excluding carboxylic acids is 2. The summed E-state index contributed by atoms with van der Waals surface area (Å²) in [5, 5.41) is 42.6. The highest BCUT2D eigenvalue weighted by Crippen LogP contribution is 2.06. The van der Waals surface area contributed by atoms with Crippen molar-refractivity contribution in [3.8, 4) is 0 Å². The van der Waals surface area contributed by atoms with Crippen molar-refractivity contribution in [2.45, 2.75) is 24.9 Å². The maximum atomic E-state index is 10.0. The highest BCUT2D eigenvalue weighted by Gasteiger charge is 2.22. The summed E-state index contributed by atoms with van der Waals surface area (Å²) in [5.74, 6) is 0.206. The van der Waals surface area contributed by atoms with Gasteiger partial charge in [0.25, 0.3) is 0 Å². The number of aldehydes is 2. The average Bonchev–Trinajstić information content (AvgIpc) is 2.92. The van der Waals surface area contributed by atoms with Crippen LogP contribution >= 0.6 is 0 Å². The average molecular weight is 276 g/mol. The van der Waals surface area contributed by atoms with E-state index in [-0.39, 0.29) is 18.7 Å². The van der Waals surface area contributed by atoms with Crippen molar-refractivity contribution in [1.82, 2.24) is 0 Å². The maximum Gasteiger partial charge on any atom is 0.185 e. The Kier molecular flexibility index (Phi) is 8.58. The summed E-state index contributed by atoms with van der Waals surface area (Å²) >= 11 is 0. The maximum absolute atomic E-state index is 10.0. The van der Waals surface area contributed by atoms with Crippen LogP contribution in [0, 0.1) is 0 Å². The second-order valence-corrected chi connectivity index (χ2v) is 3.45. The monoisotopic (exact) mass is 276 g/mol. The fourth-order valence-electron chi connectivity index (χ4n) is 0.997. The van der Waals surface area contributed by atoms with Crippen molar-refractivity contribution in [2.75, 3.05) is 6.61 Å². The van der Waals surface area contributed by atoms with E-state index in [0.29, 0.717) is 11.8 Å². The molecule has 0 unspecified atom stereocenters. The van der Waals surface area contributed by atoms with Crippen LogP contribution in [-0.4, -0.2) is 63.0 Å². The van der Waals surface area contributed by atoms with E-state index < -0.39 is 24.9 Å². The lowest BCUT2D eigenvalue weighted by Crippen LogP contribution is -2.40. The zero-order chi connectivity index (χ0) is 14.8. The zero-order valence-electron chi connectivity index (χ0n) is 9.92. The lowest BCUT2D eigenvalue weighted by Gasteiger charge is -2.16. The highest BCUT2D eigenvalue weighted by atomic mass is 16.4. The first-order chi connectivity index (χ1) is 9.01. The second kappa shape index (κ2) is 9.36. The molecule has 0 spiro atoms. The first-order valence-corrected chi connectivity index (χ1v) is 5.24. The third-order valence-corrected chi connectivity index (χ3v) is 2.13. The molecule has 0 saturated carbocycles. The normalized spacial score (nSPS) is 14.8. The molecule has 3 atom stereocenters. The van der Waals surface area contributed by atoms with Crippen LogP contribution in [0.2, 0.25) is 0 Å². The van der Waals surface area contributed by atoms with E-state index in [4.69, 9.17) is 25.5 Å². The number of hydrogen-bond donors (Lipinski definition) is 5. The Labute approximate surface area is 108 Å². The molecule has 1 aromatic heterocycles. The number of aliphatic hydroxyl groups excluding tert-OH is 5. The number of carbonyl (C=O) groups is 2. The SMILES string of the molecule is O=C[C@H](O)[C@@H](O)[C@H](O)CO.O=Cc1occc1CO. The van der Waals surface area contributed by atoms with E-state index >= 15 is 0 Å². The Hall–Kier alpha value is -1.58. The standard InChI is InChI=1S/C6H6O3.C5H10O5/c7-3-5-1-2-9-6(5)4-8;6-1-3(8)5(10)4(9)2-7/h1-2,4,7H,3H2;1,3-5,7-10H,2H2/t;3-,4+,5+/m.0/s1. The molecular formula is C11H16O8. The molecule has 0 radical (unpaired) electrons. The zero-order valence-corrected chi connectivity index (χ0v) is 9.92. The predicted molar refractivity (Wildman–Crippen MR) is 61.2 cm³/mol. The van der Waals surface area contributed by atoms with Gasteiger partial charge in [-0.25, -0.2) is 0 Å². The van der Waals surface area contributed by atoms with Crippen LogP contribution in [0.3, 0.4) is 0 Å². The summed E-state index contributed by atoms with van der Waals surface area (Å²) in [5.41, 5.74) is 0.532. The van der Waals surface area contributed by atoms with Crippen molar-refractivity contribution in [2.24, 2.45) is 0 Å². The van der Waals surface area contributed by atoms with Crippen LogP contribution in [0.15, 0.2) is 16.7 Å². The Bertz CT molecular complexity index is 375. The molecule has 0 aliphatic rings. The smallest absolute Gasteiger partial charge is 0.185 e. The van der Waals surface area contributed by atoms with Crippen LogP contribution in [0.4, 0.5) is 0 Å². The van der Waals surface area contributed by atoms with E-state index in [0.717, 1.165) is 0 Å². The fourth-order valence-corrected chi connectivity index (χ4v) is 0.997. The molecule has 0 aromatic carbocycles. The van der Waals surface area contributed by atoms with E-state index in [9.17, 15) is 9.59 Å². The predicted octanol–water partition coefficient (Wildman–Crippen LogP) is -2.16. The molecule has 1 aromatic rings. The molecule has 0 amide bonds. The number of hydrogen-bond acceptors (Lipinski definition) is 8. The summed E-state index contributed by atoms with van der Waals surface area (Å²) in [7, 11) is 0. The fraction of sp³-hybridized carbons (Fsp3) is 0.455. The van der Waals surface area contributed by atoms with Gasteiger partial charge in [0.05, 0.1) is 19.5 Å². The Morgan fingerprint density at radius 1 is 1.21 bits per heavy atom. The van der Waals surface area contributed by atoms with E-state index in [1.54, 1.807) is 6.07 Å². The molecular weight excluding hydrogens is 260 g/mol. The minimum Gasteiger partial charge on any atom is -0.461 e. The molecule has 1 rings (SSSR count). The quantitative estimate of drug-likeness (QED) is 0.369. The molecule has 0 saturated heterocycles. The summed E-state index contributed by atoms with van der Waals surface area (Å²) in [6.07, 6.45) is -2.69. The largest absolute Gasteiger partial charge is 0.461 e. The lowest BCUT2D eigenvalue weighted by atomic mass is 10.1. The summed E-state index contributed by atoms with van der Waals surface area (Å²) in [4.78, 5) is 19.8. The Balaban J connectivity index is 0.000000342. The molecule has 0 fully saturated rings. The van der Waals surface area contributed by atoms with Crippen molar-refractivity contribution < 1.29 is 39.5 Å². The van der Waals surface area contributed by atoms with Gasteiger partial charge in [-0.3, -0.25) is 4.79 Å². The van der Waals surface area contributed by atoms with Gasteiger partial charge in [-0.1, -0.05) is 0 Å². The third kappa shape index (κ3) is 5.73. The van der Waals surface area contributed by atoms with Gasteiger partial charge in [0.15, 0.2) is 18.3 Å². The van der Waals surface area contributed by atoms with E-state index in [1.807, 2.05) is 0 Å². The Morgan fingerprint density at radius 3 is 2.21 bits per heavy atom. The topological polar surface area (TPSA) is 148 Å². The van der Waals surface area contributed by atoms with Gasteiger partial charge in [0.2, 0.25) is 0 Å². The van der Waals surface area contributed by atoms with Gasteiger partial charge in [-0.15, -0.1) is 0 Å². The van der Waals surface area contributed by atoms with Crippen LogP contribution in [0.25, 0.3) is 0 Å². The summed E-state index contributed by atoms with van der Waals surface area (Å²) in [6.45, 7) is -0.837. The van der Waals surface area contributed by atoms with Gasteiger partial charge >= 0.3 is 0 Å². The first-order valence-electron chi connectivity index (χ1n) is 5.24. The van der Waals surface area contributed by atoms with Crippen LogP contribution in [-0.2, 0) is 11.4 Å². The van der Waals surface area contributed by atoms with Crippen LogP contribution in [0.1, 0.15) is 16.1 Å². The third-order valence-electron chi connectivity index (χ3n) is 2.13. The molecule has 8 nitrogen and oxygen atoms in total. The number of furan rings is 1. The van der Waals surface area contributed by atoms with E-state index in [2.05, 4.69) is 4.42 Å². The van der Waals surface area contributed by atoms with E-state index in [1.165, 1.54) is 6.26 Å². The first kappa shape index (κ1) is 17.4. The van der Waals surface area contributed by atoms with Crippen LogP contribution < -0.4 is 0 Å². The van der Waals surface area contributed by atoms with Crippen molar-refractivity contribution >= 4 is 12.6 Å². The number of aliphatic hydroxyl groups is 5. The number of rotatable bonds is 6. The second-order valence-electron chi connectivity index (χ2n) is 3.45. The van der Waals surface area contributed by atoms with Gasteiger partial charge < -0.3 is 34.7 Å². The van der Waals surface area contributed by atoms with Gasteiger partial charge in [0.1, 0.15) is 18.3 Å². The van der Waals surface area contributed by atoms with Gasteiger partial charge in [0, 0.05) is 5.56 Å². The van der Waals surface area contributed by atoms with Crippen molar-refractivity contribution in [3.05, 3.63) is 23.7 Å². The minimum absolute atomic E-state index is 0.0869. The van der Waals surface area contributed by atoms with Crippen molar-refractivity contribution in [1.29, 1.82) is 0 Å². The summed E-state index contributed by atoms with van der Waals surface area (Å²) < 4.78 is 4.68. The summed E-state index contributed by atoms with van der Waals surface area (Å²) in [6, 6.07) is 1.56. The molecule has 0 bridgehead atoms. The molecule has 8 heteroatoms. The van der Waals surface area contributed by atoms with Crippen molar-refractivity contribution in [3.63, 3.8) is 0 Å². The minimum atomic E-state index is -1.64. The van der Waals surface area contributed by atoms with Gasteiger partial charge in [-0.2, -0.15) is 0 Å². The molecule has 1 heterocycles. The van der Waals surface area contributed by atoms with Gasteiger partial charge in [-0.05, 0) is 6.07 Å². The molecule has 0 aliphatic heterocycles. The molecule has 5 N–H and O–H groups in total. The molecule has 108 valence electrons. The lowest BCUT2D eigenvalue weighted by molar-refractivity contribution is -0.127. The molecule has 19 heavy (non-hydrogen) atoms. The molecule has 0 aliphatic carbocycles.